The predicted octanol–water partition coefficient (Wildman–Crippen LogP) is 3.90. The van der Waals surface area contributed by atoms with Crippen molar-refractivity contribution in [3.05, 3.63) is 35.6 Å². The minimum Gasteiger partial charge on any atom is -0.385 e. The van der Waals surface area contributed by atoms with Crippen molar-refractivity contribution >= 4 is 0 Å². The highest BCUT2D eigenvalue weighted by Crippen LogP contribution is 2.20. The summed E-state index contributed by atoms with van der Waals surface area (Å²) in [5.41, 5.74) is 1.21. The van der Waals surface area contributed by atoms with Crippen LogP contribution in [0.3, 0.4) is 0 Å². The van der Waals surface area contributed by atoms with Crippen molar-refractivity contribution in [2.24, 2.45) is 17.8 Å². The zero-order valence-electron chi connectivity index (χ0n) is 13.9. The van der Waals surface area contributed by atoms with Crippen molar-refractivity contribution in [3.63, 3.8) is 0 Å². The Hall–Kier alpha value is -0.930. The number of benzene rings is 1. The molecule has 0 amide bonds. The van der Waals surface area contributed by atoms with Crippen molar-refractivity contribution in [3.8, 4) is 0 Å². The van der Waals surface area contributed by atoms with E-state index in [1.165, 1.54) is 5.56 Å². The Morgan fingerprint density at radius 3 is 2.33 bits per heavy atom. The van der Waals surface area contributed by atoms with Crippen LogP contribution in [0, 0.1) is 23.6 Å². The molecule has 0 bridgehead atoms. The van der Waals surface area contributed by atoms with Crippen molar-refractivity contribution in [2.75, 3.05) is 26.8 Å². The predicted molar refractivity (Wildman–Crippen MR) is 87.0 cm³/mol. The van der Waals surface area contributed by atoms with E-state index in [-0.39, 0.29) is 5.82 Å². The molecule has 0 saturated heterocycles. The molecule has 1 rings (SSSR count). The largest absolute Gasteiger partial charge is 0.385 e. The van der Waals surface area contributed by atoms with Crippen LogP contribution >= 0.6 is 0 Å². The summed E-state index contributed by atoms with van der Waals surface area (Å²) in [5.74, 6) is 1.62. The molecule has 3 heteroatoms. The Kier molecular flexibility index (Phi) is 8.55. The van der Waals surface area contributed by atoms with Gasteiger partial charge in [0.1, 0.15) is 5.82 Å². The molecule has 2 unspecified atom stereocenters. The molecule has 21 heavy (non-hydrogen) atoms. The maximum Gasteiger partial charge on any atom is 0.123 e. The average molecular weight is 295 g/mol. The minimum atomic E-state index is -0.166. The van der Waals surface area contributed by atoms with Gasteiger partial charge in [-0.2, -0.15) is 0 Å². The fraction of sp³-hybridized carbons (Fsp3) is 0.667. The SMILES string of the molecule is COCCC(C)C(CNCC(C)C)Cc1ccc(F)cc1. The Morgan fingerprint density at radius 2 is 1.76 bits per heavy atom. The lowest BCUT2D eigenvalue weighted by atomic mass is 9.86. The molecule has 2 atom stereocenters. The molecule has 0 aliphatic heterocycles. The number of methoxy groups -OCH3 is 1. The fourth-order valence-corrected chi connectivity index (χ4v) is 2.49. The number of rotatable bonds is 10. The van der Waals surface area contributed by atoms with Crippen molar-refractivity contribution in [2.45, 2.75) is 33.6 Å². The third kappa shape index (κ3) is 7.58. The van der Waals surface area contributed by atoms with Crippen LogP contribution in [0.5, 0.6) is 0 Å². The van der Waals surface area contributed by atoms with Crippen LogP contribution < -0.4 is 5.32 Å². The quantitative estimate of drug-likeness (QED) is 0.707. The van der Waals surface area contributed by atoms with E-state index in [1.54, 1.807) is 19.2 Å². The lowest BCUT2D eigenvalue weighted by Gasteiger charge is -2.25. The van der Waals surface area contributed by atoms with Crippen LogP contribution in [0.25, 0.3) is 0 Å². The van der Waals surface area contributed by atoms with E-state index in [0.29, 0.717) is 17.8 Å². The minimum absolute atomic E-state index is 0.166. The van der Waals surface area contributed by atoms with Gasteiger partial charge in [-0.15, -0.1) is 0 Å². The van der Waals surface area contributed by atoms with Crippen LogP contribution in [0.15, 0.2) is 24.3 Å². The van der Waals surface area contributed by atoms with Crippen LogP contribution in [0.2, 0.25) is 0 Å². The molecular formula is C18H30FNO. The highest BCUT2D eigenvalue weighted by Gasteiger charge is 2.17. The second kappa shape index (κ2) is 9.91. The zero-order valence-corrected chi connectivity index (χ0v) is 13.9. The molecule has 120 valence electrons. The summed E-state index contributed by atoms with van der Waals surface area (Å²) in [6.45, 7) is 9.56. The van der Waals surface area contributed by atoms with E-state index in [9.17, 15) is 4.39 Å². The zero-order chi connectivity index (χ0) is 15.7. The van der Waals surface area contributed by atoms with Crippen LogP contribution in [-0.2, 0) is 11.2 Å². The van der Waals surface area contributed by atoms with Crippen molar-refractivity contribution in [1.82, 2.24) is 5.32 Å². The summed E-state index contributed by atoms with van der Waals surface area (Å²) in [7, 11) is 1.75. The van der Waals surface area contributed by atoms with Gasteiger partial charge in [0.2, 0.25) is 0 Å². The van der Waals surface area contributed by atoms with Gasteiger partial charge in [-0.3, -0.25) is 0 Å². The molecule has 0 radical (unpaired) electrons. The first-order chi connectivity index (χ1) is 10.0. The van der Waals surface area contributed by atoms with Gasteiger partial charge in [-0.05, 0) is 61.4 Å². The molecule has 0 spiro atoms. The van der Waals surface area contributed by atoms with E-state index in [4.69, 9.17) is 4.74 Å². The number of hydrogen-bond acceptors (Lipinski definition) is 2. The summed E-state index contributed by atoms with van der Waals surface area (Å²) in [5, 5.41) is 3.56. The Balaban J connectivity index is 2.59. The highest BCUT2D eigenvalue weighted by atomic mass is 19.1. The lowest BCUT2D eigenvalue weighted by molar-refractivity contribution is 0.163. The summed E-state index contributed by atoms with van der Waals surface area (Å²) in [6, 6.07) is 6.89. The Labute approximate surface area is 129 Å². The molecule has 0 aliphatic carbocycles. The van der Waals surface area contributed by atoms with E-state index in [1.807, 2.05) is 12.1 Å². The molecule has 0 saturated carbocycles. The first-order valence-electron chi connectivity index (χ1n) is 7.97. The molecule has 0 fully saturated rings. The van der Waals surface area contributed by atoms with Gasteiger partial charge in [0.25, 0.3) is 0 Å². The molecule has 0 heterocycles. The smallest absolute Gasteiger partial charge is 0.123 e. The van der Waals surface area contributed by atoms with E-state index < -0.39 is 0 Å². The van der Waals surface area contributed by atoms with Gasteiger partial charge >= 0.3 is 0 Å². The van der Waals surface area contributed by atoms with E-state index >= 15 is 0 Å². The summed E-state index contributed by atoms with van der Waals surface area (Å²) in [4.78, 5) is 0. The summed E-state index contributed by atoms with van der Waals surface area (Å²) in [6.07, 6.45) is 2.04. The first-order valence-corrected chi connectivity index (χ1v) is 7.97. The van der Waals surface area contributed by atoms with E-state index in [2.05, 4.69) is 26.1 Å². The number of halogens is 1. The number of ether oxygens (including phenoxy) is 1. The van der Waals surface area contributed by atoms with Gasteiger partial charge in [-0.1, -0.05) is 32.9 Å². The van der Waals surface area contributed by atoms with Gasteiger partial charge < -0.3 is 10.1 Å². The van der Waals surface area contributed by atoms with E-state index in [0.717, 1.165) is 32.5 Å². The van der Waals surface area contributed by atoms with Gasteiger partial charge in [0.15, 0.2) is 0 Å². The molecule has 2 nitrogen and oxygen atoms in total. The molecule has 1 N–H and O–H groups in total. The Morgan fingerprint density at radius 1 is 1.10 bits per heavy atom. The van der Waals surface area contributed by atoms with Gasteiger partial charge in [-0.25, -0.2) is 4.39 Å². The maximum atomic E-state index is 13.0. The molecule has 0 aromatic heterocycles. The second-order valence-electron chi connectivity index (χ2n) is 6.40. The first kappa shape index (κ1) is 18.1. The number of hydrogen-bond donors (Lipinski definition) is 1. The fourth-order valence-electron chi connectivity index (χ4n) is 2.49. The molecule has 1 aromatic rings. The van der Waals surface area contributed by atoms with Crippen LogP contribution in [0.4, 0.5) is 4.39 Å². The second-order valence-corrected chi connectivity index (χ2v) is 6.40. The molecular weight excluding hydrogens is 265 g/mol. The summed E-state index contributed by atoms with van der Waals surface area (Å²) >= 11 is 0. The van der Waals surface area contributed by atoms with Crippen LogP contribution in [-0.4, -0.2) is 26.8 Å². The Bertz CT molecular complexity index is 377. The monoisotopic (exact) mass is 295 g/mol. The van der Waals surface area contributed by atoms with Crippen molar-refractivity contribution < 1.29 is 9.13 Å². The normalized spacial score (nSPS) is 14.4. The van der Waals surface area contributed by atoms with Gasteiger partial charge in [0, 0.05) is 13.7 Å². The third-order valence-corrected chi connectivity index (χ3v) is 3.95. The standard InChI is InChI=1S/C18H30FNO/c1-14(2)12-20-13-17(15(3)9-10-21-4)11-16-5-7-18(19)8-6-16/h5-8,14-15,17,20H,9-13H2,1-4H3. The van der Waals surface area contributed by atoms with Gasteiger partial charge in [0.05, 0.1) is 0 Å². The highest BCUT2D eigenvalue weighted by molar-refractivity contribution is 5.16. The lowest BCUT2D eigenvalue weighted by Crippen LogP contribution is -2.31. The van der Waals surface area contributed by atoms with Crippen molar-refractivity contribution in [1.29, 1.82) is 0 Å². The summed E-state index contributed by atoms with van der Waals surface area (Å²) < 4.78 is 18.2. The number of nitrogens with one attached hydrogen (secondary N) is 1. The topological polar surface area (TPSA) is 21.3 Å². The molecule has 0 aliphatic rings. The third-order valence-electron chi connectivity index (χ3n) is 3.95. The molecule has 1 aromatic carbocycles. The average Bonchev–Trinajstić information content (AvgIpc) is 2.45. The van der Waals surface area contributed by atoms with Crippen LogP contribution in [0.1, 0.15) is 32.8 Å². The maximum absolute atomic E-state index is 13.0.